The number of amides is 1. The zero-order chi connectivity index (χ0) is 12.4. The van der Waals surface area contributed by atoms with Crippen molar-refractivity contribution in [3.05, 3.63) is 28.5 Å². The summed E-state index contributed by atoms with van der Waals surface area (Å²) in [4.78, 5) is 17.5. The average Bonchev–Trinajstić information content (AvgIpc) is 2.70. The van der Waals surface area contributed by atoms with E-state index in [1.54, 1.807) is 12.1 Å². The Morgan fingerprint density at radius 2 is 2.47 bits per heavy atom. The van der Waals surface area contributed by atoms with E-state index in [-0.39, 0.29) is 31.2 Å². The van der Waals surface area contributed by atoms with Gasteiger partial charge in [0, 0.05) is 17.1 Å². The minimum atomic E-state index is -1.07. The number of hydrogen-bond acceptors (Lipinski definition) is 3. The molecule has 1 N–H and O–H groups in total. The molecule has 0 aliphatic carbocycles. The molecular formula is C11H12BrFN2O2. The Morgan fingerprint density at radius 1 is 1.71 bits per heavy atom. The molecule has 0 saturated carbocycles. The Labute approximate surface area is 107 Å². The normalized spacial score (nSPS) is 24.1. The highest BCUT2D eigenvalue weighted by Crippen LogP contribution is 2.24. The molecular weight excluding hydrogens is 291 g/mol. The van der Waals surface area contributed by atoms with Gasteiger partial charge in [-0.1, -0.05) is 0 Å². The van der Waals surface area contributed by atoms with Crippen LogP contribution in [0.5, 0.6) is 0 Å². The number of pyridine rings is 1. The van der Waals surface area contributed by atoms with Crippen molar-refractivity contribution in [2.24, 2.45) is 0 Å². The van der Waals surface area contributed by atoms with Crippen LogP contribution in [0, 0.1) is 0 Å². The lowest BCUT2D eigenvalue weighted by molar-refractivity contribution is 0.0666. The lowest BCUT2D eigenvalue weighted by Gasteiger charge is -2.22. The molecule has 1 saturated heterocycles. The van der Waals surface area contributed by atoms with Crippen LogP contribution in [0.2, 0.25) is 0 Å². The number of halogens is 2. The number of aromatic nitrogens is 1. The van der Waals surface area contributed by atoms with Crippen molar-refractivity contribution in [2.75, 3.05) is 13.2 Å². The van der Waals surface area contributed by atoms with Gasteiger partial charge in [-0.15, -0.1) is 0 Å². The minimum Gasteiger partial charge on any atom is -0.394 e. The molecule has 4 nitrogen and oxygen atoms in total. The second-order valence-electron chi connectivity index (χ2n) is 3.96. The molecule has 2 atom stereocenters. The van der Waals surface area contributed by atoms with Gasteiger partial charge < -0.3 is 10.0 Å². The summed E-state index contributed by atoms with van der Waals surface area (Å²) in [7, 11) is 0. The SMILES string of the molecule is O=C(c1ncccc1Br)N1C[C@@H](F)C[C@H]1CO. The summed E-state index contributed by atoms with van der Waals surface area (Å²) in [6, 6.07) is 2.95. The third-order valence-corrected chi connectivity index (χ3v) is 3.44. The van der Waals surface area contributed by atoms with Crippen molar-refractivity contribution >= 4 is 21.8 Å². The van der Waals surface area contributed by atoms with Crippen LogP contribution in [0.15, 0.2) is 22.8 Å². The molecule has 6 heteroatoms. The number of alkyl halides is 1. The van der Waals surface area contributed by atoms with Gasteiger partial charge in [-0.3, -0.25) is 4.79 Å². The Hall–Kier alpha value is -1.01. The standard InChI is InChI=1S/C11H12BrFN2O2/c12-9-2-1-3-14-10(9)11(17)15-5-7(13)4-8(15)6-16/h1-3,7-8,16H,4-6H2/t7-,8-/m0/s1. The fraction of sp³-hybridized carbons (Fsp3) is 0.455. The molecule has 0 unspecified atom stereocenters. The molecule has 1 aliphatic rings. The van der Waals surface area contributed by atoms with Crippen molar-refractivity contribution in [1.82, 2.24) is 9.88 Å². The Balaban J connectivity index is 2.23. The molecule has 2 heterocycles. The number of aliphatic hydroxyl groups excluding tert-OH is 1. The first-order valence-corrected chi connectivity index (χ1v) is 6.09. The fourth-order valence-electron chi connectivity index (χ4n) is 1.96. The molecule has 1 aromatic rings. The third-order valence-electron chi connectivity index (χ3n) is 2.80. The first kappa shape index (κ1) is 12.4. The molecule has 0 bridgehead atoms. The highest BCUT2D eigenvalue weighted by atomic mass is 79.9. The third kappa shape index (κ3) is 2.47. The summed E-state index contributed by atoms with van der Waals surface area (Å²) < 4.78 is 13.8. The summed E-state index contributed by atoms with van der Waals surface area (Å²) in [5.41, 5.74) is 0.250. The van der Waals surface area contributed by atoms with Crippen molar-refractivity contribution in [1.29, 1.82) is 0 Å². The molecule has 1 aliphatic heterocycles. The minimum absolute atomic E-state index is 0.0209. The molecule has 0 radical (unpaired) electrons. The summed E-state index contributed by atoms with van der Waals surface area (Å²) in [6.07, 6.45) is 0.625. The van der Waals surface area contributed by atoms with Gasteiger partial charge >= 0.3 is 0 Å². The van der Waals surface area contributed by atoms with Crippen LogP contribution in [-0.2, 0) is 0 Å². The van der Waals surface area contributed by atoms with Crippen LogP contribution in [0.25, 0.3) is 0 Å². The first-order chi connectivity index (χ1) is 8.13. The lowest BCUT2D eigenvalue weighted by Crippen LogP contribution is -2.38. The molecule has 0 spiro atoms. The van der Waals surface area contributed by atoms with Crippen LogP contribution in [-0.4, -0.2) is 46.3 Å². The maximum Gasteiger partial charge on any atom is 0.274 e. The van der Waals surface area contributed by atoms with Crippen LogP contribution in [0.1, 0.15) is 16.9 Å². The smallest absolute Gasteiger partial charge is 0.274 e. The van der Waals surface area contributed by atoms with E-state index in [1.807, 2.05) is 0 Å². The van der Waals surface area contributed by atoms with E-state index < -0.39 is 12.2 Å². The van der Waals surface area contributed by atoms with Gasteiger partial charge in [0.05, 0.1) is 19.2 Å². The van der Waals surface area contributed by atoms with Crippen LogP contribution < -0.4 is 0 Å². The van der Waals surface area contributed by atoms with Crippen LogP contribution in [0.3, 0.4) is 0 Å². The molecule has 17 heavy (non-hydrogen) atoms. The number of nitrogens with zero attached hydrogens (tertiary/aromatic N) is 2. The summed E-state index contributed by atoms with van der Waals surface area (Å²) in [6.45, 7) is -0.205. The van der Waals surface area contributed by atoms with E-state index >= 15 is 0 Å². The topological polar surface area (TPSA) is 53.4 Å². The predicted molar refractivity (Wildman–Crippen MR) is 63.4 cm³/mol. The van der Waals surface area contributed by atoms with Gasteiger partial charge in [0.2, 0.25) is 0 Å². The second-order valence-corrected chi connectivity index (χ2v) is 4.82. The predicted octanol–water partition coefficient (Wildman–Crippen LogP) is 1.39. The van der Waals surface area contributed by atoms with Crippen molar-refractivity contribution < 1.29 is 14.3 Å². The molecule has 1 amide bonds. The number of hydrogen-bond donors (Lipinski definition) is 1. The number of carbonyl (C=O) groups is 1. The van der Waals surface area contributed by atoms with Crippen molar-refractivity contribution in [3.8, 4) is 0 Å². The Kier molecular flexibility index (Phi) is 3.73. The number of likely N-dealkylation sites (tertiary alicyclic amines) is 1. The van der Waals surface area contributed by atoms with Gasteiger partial charge in [-0.25, -0.2) is 9.37 Å². The van der Waals surface area contributed by atoms with Gasteiger partial charge in [0.15, 0.2) is 0 Å². The van der Waals surface area contributed by atoms with E-state index in [0.29, 0.717) is 4.47 Å². The second kappa shape index (κ2) is 5.10. The van der Waals surface area contributed by atoms with E-state index in [1.165, 1.54) is 11.1 Å². The number of carbonyl (C=O) groups excluding carboxylic acids is 1. The molecule has 1 aromatic heterocycles. The van der Waals surface area contributed by atoms with E-state index in [2.05, 4.69) is 20.9 Å². The molecule has 2 rings (SSSR count). The van der Waals surface area contributed by atoms with E-state index in [4.69, 9.17) is 5.11 Å². The van der Waals surface area contributed by atoms with Gasteiger partial charge in [-0.05, 0) is 28.1 Å². The van der Waals surface area contributed by atoms with Crippen LogP contribution >= 0.6 is 15.9 Å². The maximum absolute atomic E-state index is 13.3. The van der Waals surface area contributed by atoms with E-state index in [9.17, 15) is 9.18 Å². The van der Waals surface area contributed by atoms with Gasteiger partial charge in [0.25, 0.3) is 5.91 Å². The fourth-order valence-corrected chi connectivity index (χ4v) is 2.38. The highest BCUT2D eigenvalue weighted by Gasteiger charge is 2.36. The largest absolute Gasteiger partial charge is 0.394 e. The van der Waals surface area contributed by atoms with E-state index in [0.717, 1.165) is 0 Å². The zero-order valence-corrected chi connectivity index (χ0v) is 10.6. The summed E-state index contributed by atoms with van der Waals surface area (Å²) in [5, 5.41) is 9.13. The van der Waals surface area contributed by atoms with Crippen molar-refractivity contribution in [2.45, 2.75) is 18.6 Å². The molecule has 92 valence electrons. The lowest BCUT2D eigenvalue weighted by atomic mass is 10.2. The van der Waals surface area contributed by atoms with Gasteiger partial charge in [0.1, 0.15) is 11.9 Å². The van der Waals surface area contributed by atoms with Crippen molar-refractivity contribution in [3.63, 3.8) is 0 Å². The van der Waals surface area contributed by atoms with Gasteiger partial charge in [-0.2, -0.15) is 0 Å². The monoisotopic (exact) mass is 302 g/mol. The molecule has 1 fully saturated rings. The first-order valence-electron chi connectivity index (χ1n) is 5.30. The molecule has 0 aromatic carbocycles. The maximum atomic E-state index is 13.3. The Bertz CT molecular complexity index is 430. The Morgan fingerprint density at radius 3 is 3.12 bits per heavy atom. The summed E-state index contributed by atoms with van der Waals surface area (Å²) >= 11 is 3.23. The average molecular weight is 303 g/mol. The highest BCUT2D eigenvalue weighted by molar-refractivity contribution is 9.10. The zero-order valence-electron chi connectivity index (χ0n) is 9.01. The quantitative estimate of drug-likeness (QED) is 0.898. The summed E-state index contributed by atoms with van der Waals surface area (Å²) in [5.74, 6) is -0.350. The van der Waals surface area contributed by atoms with Crippen LogP contribution in [0.4, 0.5) is 4.39 Å². The number of rotatable bonds is 2. The number of aliphatic hydroxyl groups is 1.